The van der Waals surface area contributed by atoms with Gasteiger partial charge in [-0.05, 0) is 24.1 Å². The van der Waals surface area contributed by atoms with E-state index in [-0.39, 0.29) is 6.04 Å². The monoisotopic (exact) mass is 281 g/mol. The van der Waals surface area contributed by atoms with Gasteiger partial charge in [-0.25, -0.2) is 4.98 Å². The maximum absolute atomic E-state index is 6.34. The molecule has 2 N–H and O–H groups in total. The number of benzene rings is 1. The molecule has 0 fully saturated rings. The smallest absolute Gasteiger partial charge is 0.105 e. The summed E-state index contributed by atoms with van der Waals surface area (Å²) in [5, 5.41) is 0. The van der Waals surface area contributed by atoms with Gasteiger partial charge in [0.05, 0.1) is 24.3 Å². The quantitative estimate of drug-likeness (QED) is 0.755. The largest absolute Gasteiger partial charge is 0.469 e. The van der Waals surface area contributed by atoms with E-state index in [0.717, 1.165) is 30.8 Å². The Bertz CT molecular complexity index is 658. The van der Waals surface area contributed by atoms with Crippen LogP contribution in [0.1, 0.15) is 23.1 Å². The van der Waals surface area contributed by atoms with Crippen LogP contribution in [0, 0.1) is 0 Å². The van der Waals surface area contributed by atoms with E-state index in [1.807, 2.05) is 42.9 Å². The Morgan fingerprint density at radius 3 is 2.76 bits per heavy atom. The van der Waals surface area contributed by atoms with Crippen LogP contribution < -0.4 is 5.73 Å². The Morgan fingerprint density at radius 2 is 2.00 bits per heavy atom. The highest BCUT2D eigenvalue weighted by Gasteiger charge is 2.12. The molecular weight excluding hydrogens is 262 g/mol. The van der Waals surface area contributed by atoms with Crippen LogP contribution in [0.4, 0.5) is 0 Å². The fourth-order valence-electron chi connectivity index (χ4n) is 2.48. The van der Waals surface area contributed by atoms with E-state index in [1.54, 1.807) is 6.26 Å². The second kappa shape index (κ2) is 6.41. The number of aryl methyl sites for hydroxylation is 2. The van der Waals surface area contributed by atoms with Crippen molar-refractivity contribution >= 4 is 0 Å². The molecule has 0 aliphatic heterocycles. The van der Waals surface area contributed by atoms with Crippen molar-refractivity contribution in [2.24, 2.45) is 5.73 Å². The highest BCUT2D eigenvalue weighted by atomic mass is 16.3. The predicted octanol–water partition coefficient (Wildman–Crippen LogP) is 2.96. The average molecular weight is 281 g/mol. The van der Waals surface area contributed by atoms with Crippen LogP contribution in [0.5, 0.6) is 0 Å². The summed E-state index contributed by atoms with van der Waals surface area (Å²) in [7, 11) is 0. The van der Waals surface area contributed by atoms with Crippen LogP contribution in [0.3, 0.4) is 0 Å². The lowest BCUT2D eigenvalue weighted by Gasteiger charge is -2.14. The summed E-state index contributed by atoms with van der Waals surface area (Å²) in [5.74, 6) is 0.978. The van der Waals surface area contributed by atoms with Crippen LogP contribution >= 0.6 is 0 Å². The zero-order valence-electron chi connectivity index (χ0n) is 11.9. The lowest BCUT2D eigenvalue weighted by atomic mass is 10.0. The van der Waals surface area contributed by atoms with Gasteiger partial charge in [0.1, 0.15) is 5.76 Å². The van der Waals surface area contributed by atoms with Crippen LogP contribution in [0.15, 0.2) is 65.7 Å². The molecule has 1 aromatic carbocycles. The molecule has 0 aliphatic rings. The third-order valence-corrected chi connectivity index (χ3v) is 3.60. The standard InChI is InChI=1S/C17H19N3O/c18-16(11-14-5-2-1-3-6-14)17-12-19-13-20(17)9-8-15-7-4-10-21-15/h1-7,10,12-13,16H,8-9,11,18H2/t16-/m1/s1. The zero-order chi connectivity index (χ0) is 14.5. The highest BCUT2D eigenvalue weighted by Crippen LogP contribution is 2.16. The fraction of sp³-hybridized carbons (Fsp3) is 0.235. The van der Waals surface area contributed by atoms with Gasteiger partial charge in [0, 0.05) is 19.2 Å². The normalized spacial score (nSPS) is 12.4. The first-order valence-corrected chi connectivity index (χ1v) is 7.15. The van der Waals surface area contributed by atoms with E-state index >= 15 is 0 Å². The topological polar surface area (TPSA) is 57.0 Å². The molecule has 2 heterocycles. The Hall–Kier alpha value is -2.33. The van der Waals surface area contributed by atoms with E-state index in [1.165, 1.54) is 5.56 Å². The SMILES string of the molecule is N[C@H](Cc1ccccc1)c1cncn1CCc1ccco1. The van der Waals surface area contributed by atoms with Gasteiger partial charge in [-0.2, -0.15) is 0 Å². The maximum atomic E-state index is 6.34. The molecule has 0 aliphatic carbocycles. The van der Waals surface area contributed by atoms with Gasteiger partial charge in [-0.3, -0.25) is 0 Å². The summed E-state index contributed by atoms with van der Waals surface area (Å²) in [6.07, 6.45) is 7.05. The van der Waals surface area contributed by atoms with Gasteiger partial charge in [0.15, 0.2) is 0 Å². The fourth-order valence-corrected chi connectivity index (χ4v) is 2.48. The maximum Gasteiger partial charge on any atom is 0.105 e. The van der Waals surface area contributed by atoms with Crippen molar-refractivity contribution in [2.45, 2.75) is 25.4 Å². The lowest BCUT2D eigenvalue weighted by molar-refractivity contribution is 0.484. The minimum atomic E-state index is -0.0495. The van der Waals surface area contributed by atoms with Crippen LogP contribution in [-0.2, 0) is 19.4 Å². The summed E-state index contributed by atoms with van der Waals surface area (Å²) in [6, 6.07) is 14.1. The molecule has 108 valence electrons. The Balaban J connectivity index is 1.66. The van der Waals surface area contributed by atoms with Gasteiger partial charge in [-0.15, -0.1) is 0 Å². The van der Waals surface area contributed by atoms with Crippen LogP contribution in [0.25, 0.3) is 0 Å². The molecule has 0 saturated carbocycles. The number of furan rings is 1. The molecule has 0 unspecified atom stereocenters. The van der Waals surface area contributed by atoms with E-state index in [4.69, 9.17) is 10.2 Å². The van der Waals surface area contributed by atoms with E-state index in [2.05, 4.69) is 21.7 Å². The molecule has 21 heavy (non-hydrogen) atoms. The summed E-state index contributed by atoms with van der Waals surface area (Å²) >= 11 is 0. The number of rotatable bonds is 6. The van der Waals surface area contributed by atoms with Gasteiger partial charge in [0.25, 0.3) is 0 Å². The van der Waals surface area contributed by atoms with Gasteiger partial charge < -0.3 is 14.7 Å². The third kappa shape index (κ3) is 3.41. The van der Waals surface area contributed by atoms with E-state index < -0.39 is 0 Å². The minimum Gasteiger partial charge on any atom is -0.469 e. The number of imidazole rings is 1. The first kappa shape index (κ1) is 13.6. The lowest BCUT2D eigenvalue weighted by Crippen LogP contribution is -2.18. The Morgan fingerprint density at radius 1 is 1.14 bits per heavy atom. The summed E-state index contributed by atoms with van der Waals surface area (Å²) in [6.45, 7) is 0.825. The van der Waals surface area contributed by atoms with Gasteiger partial charge in [-0.1, -0.05) is 30.3 Å². The second-order valence-electron chi connectivity index (χ2n) is 5.14. The highest BCUT2D eigenvalue weighted by molar-refractivity contribution is 5.18. The van der Waals surface area contributed by atoms with Crippen molar-refractivity contribution in [1.29, 1.82) is 0 Å². The predicted molar refractivity (Wildman–Crippen MR) is 81.7 cm³/mol. The molecule has 0 amide bonds. The van der Waals surface area contributed by atoms with Gasteiger partial charge in [0.2, 0.25) is 0 Å². The first-order chi connectivity index (χ1) is 10.3. The number of aromatic nitrogens is 2. The van der Waals surface area contributed by atoms with Crippen molar-refractivity contribution in [1.82, 2.24) is 9.55 Å². The van der Waals surface area contributed by atoms with Crippen LogP contribution in [-0.4, -0.2) is 9.55 Å². The first-order valence-electron chi connectivity index (χ1n) is 7.15. The third-order valence-electron chi connectivity index (χ3n) is 3.60. The van der Waals surface area contributed by atoms with Crippen molar-refractivity contribution in [2.75, 3.05) is 0 Å². The molecule has 1 atom stereocenters. The number of nitrogens with zero attached hydrogens (tertiary/aromatic N) is 2. The molecular formula is C17H19N3O. The minimum absolute atomic E-state index is 0.0495. The molecule has 4 nitrogen and oxygen atoms in total. The van der Waals surface area contributed by atoms with Gasteiger partial charge >= 0.3 is 0 Å². The Labute approximate surface area is 124 Å². The van der Waals surface area contributed by atoms with Crippen molar-refractivity contribution in [3.8, 4) is 0 Å². The van der Waals surface area contributed by atoms with E-state index in [9.17, 15) is 0 Å². The second-order valence-corrected chi connectivity index (χ2v) is 5.14. The molecule has 4 heteroatoms. The summed E-state index contributed by atoms with van der Waals surface area (Å²) in [5.41, 5.74) is 8.64. The molecule has 3 aromatic rings. The van der Waals surface area contributed by atoms with Crippen molar-refractivity contribution in [3.63, 3.8) is 0 Å². The molecule has 0 saturated heterocycles. The number of nitrogens with two attached hydrogens (primary N) is 1. The summed E-state index contributed by atoms with van der Waals surface area (Å²) < 4.78 is 7.47. The number of hydrogen-bond acceptors (Lipinski definition) is 3. The number of hydrogen-bond donors (Lipinski definition) is 1. The van der Waals surface area contributed by atoms with Crippen molar-refractivity contribution in [3.05, 3.63) is 78.3 Å². The Kier molecular flexibility index (Phi) is 4.17. The van der Waals surface area contributed by atoms with E-state index in [0.29, 0.717) is 0 Å². The molecule has 0 spiro atoms. The van der Waals surface area contributed by atoms with Crippen LogP contribution in [0.2, 0.25) is 0 Å². The molecule has 0 bridgehead atoms. The zero-order valence-corrected chi connectivity index (χ0v) is 11.9. The molecule has 3 rings (SSSR count). The molecule has 0 radical (unpaired) electrons. The molecule has 2 aromatic heterocycles. The summed E-state index contributed by atoms with van der Waals surface area (Å²) in [4.78, 5) is 4.24. The average Bonchev–Trinajstić information content (AvgIpc) is 3.17. The van der Waals surface area contributed by atoms with Crippen molar-refractivity contribution < 1.29 is 4.42 Å².